The maximum absolute atomic E-state index is 5.64. The Labute approximate surface area is 161 Å². The second-order valence-electron chi connectivity index (χ2n) is 5.56. The number of aromatic nitrogens is 1. The van der Waals surface area contributed by atoms with Crippen molar-refractivity contribution in [1.82, 2.24) is 15.6 Å². The monoisotopic (exact) mass is 448 g/mol. The topological polar surface area (TPSA) is 67.8 Å². The maximum atomic E-state index is 5.64. The van der Waals surface area contributed by atoms with E-state index in [0.717, 1.165) is 70.2 Å². The van der Waals surface area contributed by atoms with Crippen molar-refractivity contribution in [3.63, 3.8) is 0 Å². The molecule has 1 aromatic rings. The molecule has 1 atom stereocenters. The van der Waals surface area contributed by atoms with Gasteiger partial charge in [-0.25, -0.2) is 0 Å². The van der Waals surface area contributed by atoms with E-state index in [1.807, 2.05) is 24.4 Å². The van der Waals surface area contributed by atoms with Crippen molar-refractivity contribution in [2.75, 3.05) is 40.0 Å². The van der Waals surface area contributed by atoms with Crippen LogP contribution in [0.2, 0.25) is 0 Å². The molecular formula is C17H29IN4O2. The van der Waals surface area contributed by atoms with Crippen molar-refractivity contribution >= 4 is 29.9 Å². The highest BCUT2D eigenvalue weighted by Gasteiger charge is 2.14. The summed E-state index contributed by atoms with van der Waals surface area (Å²) >= 11 is 0. The Hall–Kier alpha value is -0.930. The molecule has 1 aliphatic rings. The number of guanidine groups is 1. The summed E-state index contributed by atoms with van der Waals surface area (Å²) < 4.78 is 11.2. The number of hydrogen-bond donors (Lipinski definition) is 2. The van der Waals surface area contributed by atoms with E-state index in [-0.39, 0.29) is 24.0 Å². The van der Waals surface area contributed by atoms with Crippen molar-refractivity contribution < 1.29 is 9.47 Å². The Morgan fingerprint density at radius 2 is 2.25 bits per heavy atom. The molecule has 1 saturated heterocycles. The maximum Gasteiger partial charge on any atom is 0.190 e. The predicted octanol–water partition coefficient (Wildman–Crippen LogP) is 1.99. The SMILES string of the molecule is CN=C(NCCCOCC1CCCO1)NCCc1ccccn1.I. The normalized spacial score (nSPS) is 17.4. The fourth-order valence-electron chi connectivity index (χ4n) is 2.45. The number of halogens is 1. The lowest BCUT2D eigenvalue weighted by atomic mass is 10.2. The van der Waals surface area contributed by atoms with Crippen LogP contribution in [0.5, 0.6) is 0 Å². The van der Waals surface area contributed by atoms with Crippen LogP contribution in [0.15, 0.2) is 29.4 Å². The molecule has 0 spiro atoms. The number of rotatable bonds is 9. The molecular weight excluding hydrogens is 419 g/mol. The largest absolute Gasteiger partial charge is 0.379 e. The summed E-state index contributed by atoms with van der Waals surface area (Å²) in [6.07, 6.45) is 6.25. The van der Waals surface area contributed by atoms with Gasteiger partial charge in [0.25, 0.3) is 0 Å². The molecule has 6 nitrogen and oxygen atoms in total. The molecule has 0 saturated carbocycles. The van der Waals surface area contributed by atoms with Crippen LogP contribution in [0.1, 0.15) is 25.0 Å². The minimum Gasteiger partial charge on any atom is -0.379 e. The number of hydrogen-bond acceptors (Lipinski definition) is 4. The van der Waals surface area contributed by atoms with Gasteiger partial charge in [0.05, 0.1) is 12.7 Å². The minimum atomic E-state index is 0. The molecule has 2 heterocycles. The Morgan fingerprint density at radius 1 is 1.38 bits per heavy atom. The number of aliphatic imine (C=N–C) groups is 1. The van der Waals surface area contributed by atoms with E-state index >= 15 is 0 Å². The van der Waals surface area contributed by atoms with E-state index in [9.17, 15) is 0 Å². The third-order valence-corrected chi connectivity index (χ3v) is 3.71. The Bertz CT molecular complexity index is 453. The van der Waals surface area contributed by atoms with Crippen LogP contribution in [0.3, 0.4) is 0 Å². The van der Waals surface area contributed by atoms with Gasteiger partial charge in [-0.3, -0.25) is 9.98 Å². The van der Waals surface area contributed by atoms with Crippen LogP contribution in [-0.4, -0.2) is 57.0 Å². The summed E-state index contributed by atoms with van der Waals surface area (Å²) in [5.74, 6) is 0.819. The van der Waals surface area contributed by atoms with Gasteiger partial charge >= 0.3 is 0 Å². The first-order valence-electron chi connectivity index (χ1n) is 8.42. The summed E-state index contributed by atoms with van der Waals surface area (Å²) in [6.45, 7) is 4.01. The molecule has 0 aliphatic carbocycles. The minimum absolute atomic E-state index is 0. The zero-order valence-corrected chi connectivity index (χ0v) is 16.7. The molecule has 136 valence electrons. The van der Waals surface area contributed by atoms with Gasteiger partial charge in [-0.1, -0.05) is 6.07 Å². The summed E-state index contributed by atoms with van der Waals surface area (Å²) in [7, 11) is 1.78. The van der Waals surface area contributed by atoms with Gasteiger partial charge in [0.1, 0.15) is 0 Å². The summed E-state index contributed by atoms with van der Waals surface area (Å²) in [5.41, 5.74) is 1.08. The highest BCUT2D eigenvalue weighted by Crippen LogP contribution is 2.11. The smallest absolute Gasteiger partial charge is 0.190 e. The van der Waals surface area contributed by atoms with E-state index in [4.69, 9.17) is 9.47 Å². The van der Waals surface area contributed by atoms with Gasteiger partial charge in [0.15, 0.2) is 5.96 Å². The van der Waals surface area contributed by atoms with Gasteiger partial charge in [0, 0.05) is 51.7 Å². The van der Waals surface area contributed by atoms with Crippen LogP contribution in [0.25, 0.3) is 0 Å². The molecule has 0 radical (unpaired) electrons. The fourth-order valence-corrected chi connectivity index (χ4v) is 2.45. The van der Waals surface area contributed by atoms with E-state index in [1.54, 1.807) is 7.05 Å². The van der Waals surface area contributed by atoms with E-state index in [2.05, 4.69) is 20.6 Å². The molecule has 0 bridgehead atoms. The zero-order valence-electron chi connectivity index (χ0n) is 14.4. The summed E-state index contributed by atoms with van der Waals surface area (Å²) in [4.78, 5) is 8.52. The third kappa shape index (κ3) is 8.79. The lowest BCUT2D eigenvalue weighted by Crippen LogP contribution is -2.39. The standard InChI is InChI=1S/C17H28N4O2.HI/c1-18-17(21-11-8-15-6-2-3-9-19-15)20-10-5-12-22-14-16-7-4-13-23-16;/h2-3,6,9,16H,4-5,7-8,10-14H2,1H3,(H2,18,20,21);1H. The highest BCUT2D eigenvalue weighted by molar-refractivity contribution is 14.0. The summed E-state index contributed by atoms with van der Waals surface area (Å²) in [6, 6.07) is 5.97. The Morgan fingerprint density at radius 3 is 2.96 bits per heavy atom. The van der Waals surface area contributed by atoms with Crippen molar-refractivity contribution in [1.29, 1.82) is 0 Å². The van der Waals surface area contributed by atoms with Crippen molar-refractivity contribution in [3.05, 3.63) is 30.1 Å². The molecule has 1 aliphatic heterocycles. The first kappa shape index (κ1) is 21.1. The van der Waals surface area contributed by atoms with Crippen molar-refractivity contribution in [2.24, 2.45) is 4.99 Å². The van der Waals surface area contributed by atoms with Crippen molar-refractivity contribution in [2.45, 2.75) is 31.8 Å². The third-order valence-electron chi connectivity index (χ3n) is 3.71. The number of nitrogens with one attached hydrogen (secondary N) is 2. The molecule has 24 heavy (non-hydrogen) atoms. The molecule has 2 rings (SSSR count). The summed E-state index contributed by atoms with van der Waals surface area (Å²) in [5, 5.41) is 6.58. The van der Waals surface area contributed by atoms with Crippen LogP contribution in [0, 0.1) is 0 Å². The van der Waals surface area contributed by atoms with Crippen LogP contribution >= 0.6 is 24.0 Å². The lowest BCUT2D eigenvalue weighted by molar-refractivity contribution is 0.0168. The van der Waals surface area contributed by atoms with Crippen molar-refractivity contribution in [3.8, 4) is 0 Å². The molecule has 0 aromatic carbocycles. The zero-order chi connectivity index (χ0) is 16.2. The van der Waals surface area contributed by atoms with Gasteiger partial charge in [-0.15, -0.1) is 24.0 Å². The molecule has 0 amide bonds. The fraction of sp³-hybridized carbons (Fsp3) is 0.647. The van der Waals surface area contributed by atoms with Crippen LogP contribution in [-0.2, 0) is 15.9 Å². The quantitative estimate of drug-likeness (QED) is 0.262. The van der Waals surface area contributed by atoms with Crippen LogP contribution < -0.4 is 10.6 Å². The second-order valence-corrected chi connectivity index (χ2v) is 5.56. The second kappa shape index (κ2) is 13.4. The van der Waals surface area contributed by atoms with Gasteiger partial charge in [-0.05, 0) is 31.4 Å². The Kier molecular flexibility index (Phi) is 11.8. The average Bonchev–Trinajstić information content (AvgIpc) is 3.10. The molecule has 1 fully saturated rings. The number of ether oxygens (including phenoxy) is 2. The van der Waals surface area contributed by atoms with Gasteiger partial charge < -0.3 is 20.1 Å². The van der Waals surface area contributed by atoms with Crippen LogP contribution in [0.4, 0.5) is 0 Å². The first-order chi connectivity index (χ1) is 11.4. The molecule has 1 aromatic heterocycles. The Balaban J connectivity index is 0.00000288. The first-order valence-corrected chi connectivity index (χ1v) is 8.42. The average molecular weight is 448 g/mol. The number of pyridine rings is 1. The van der Waals surface area contributed by atoms with E-state index in [1.165, 1.54) is 0 Å². The predicted molar refractivity (Wildman–Crippen MR) is 107 cm³/mol. The lowest BCUT2D eigenvalue weighted by Gasteiger charge is -2.13. The van der Waals surface area contributed by atoms with E-state index < -0.39 is 0 Å². The number of nitrogens with zero attached hydrogens (tertiary/aromatic N) is 2. The molecule has 1 unspecified atom stereocenters. The van der Waals surface area contributed by atoms with Gasteiger partial charge in [-0.2, -0.15) is 0 Å². The molecule has 2 N–H and O–H groups in total. The highest BCUT2D eigenvalue weighted by atomic mass is 127. The molecule has 7 heteroatoms. The van der Waals surface area contributed by atoms with E-state index in [0.29, 0.717) is 6.10 Å². The van der Waals surface area contributed by atoms with Gasteiger partial charge in [0.2, 0.25) is 0 Å².